The summed E-state index contributed by atoms with van der Waals surface area (Å²) in [6.45, 7) is 9.18. The van der Waals surface area contributed by atoms with Gasteiger partial charge in [-0.2, -0.15) is 0 Å². The van der Waals surface area contributed by atoms with Gasteiger partial charge in [0.15, 0.2) is 18.6 Å². The minimum atomic E-state index is -0.380. The molecule has 0 rings (SSSR count). The number of unbranched alkanes of at least 4 members (excludes halogenated alkanes) is 1. The van der Waals surface area contributed by atoms with Crippen molar-refractivity contribution < 1.29 is 65.4 Å². The van der Waals surface area contributed by atoms with Crippen molar-refractivity contribution in [1.29, 1.82) is 0 Å². The summed E-state index contributed by atoms with van der Waals surface area (Å²) in [5.74, 6) is 0.274. The highest BCUT2D eigenvalue weighted by atomic mass is 35.5. The number of aliphatic hydroxyl groups excluding tert-OH is 1. The van der Waals surface area contributed by atoms with E-state index in [4.69, 9.17) is 0 Å². The third-order valence-corrected chi connectivity index (χ3v) is 5.70. The van der Waals surface area contributed by atoms with E-state index in [9.17, 15) is 14.7 Å². The predicted octanol–water partition coefficient (Wildman–Crippen LogP) is -7.53. The molecule has 1 amide bonds. The standard InChI is InChI=1S/C23H50N4O3.3ClH/c1-11-23(2,3)22(30)24-19-27(9,10)17-20(28)14-12-13-15-26(7,8)18-21(29)16-25(4,5)6;;;/h21,29H,11-19H2,1-10H3;3*1H/q+2;;;/p-2. The molecule has 0 fully saturated rings. The normalized spacial score (nSPS) is 13.2. The summed E-state index contributed by atoms with van der Waals surface area (Å²) in [4.78, 5) is 24.7. The molecule has 0 aromatic carbocycles. The molecule has 0 aliphatic heterocycles. The molecule has 0 spiro atoms. The molecule has 202 valence electrons. The maximum atomic E-state index is 12.4. The number of nitrogens with zero attached hydrogens (tertiary/aromatic N) is 3. The van der Waals surface area contributed by atoms with E-state index < -0.39 is 0 Å². The predicted molar refractivity (Wildman–Crippen MR) is 124 cm³/mol. The third kappa shape index (κ3) is 19.8. The summed E-state index contributed by atoms with van der Waals surface area (Å²) >= 11 is 0. The molecule has 0 bridgehead atoms. The SMILES string of the molecule is CCC(C)(C)C(=O)NC[N+](C)(C)CC(=O)CCCC[N+](C)(C)CC(O)C[N+](C)(C)C.[Cl-].[Cl-].[Cl-]. The van der Waals surface area contributed by atoms with Gasteiger partial charge in [-0.1, -0.05) is 20.8 Å². The van der Waals surface area contributed by atoms with Crippen LogP contribution in [0.15, 0.2) is 0 Å². The fraction of sp³-hybridized carbons (Fsp3) is 0.913. The van der Waals surface area contributed by atoms with Crippen LogP contribution in [0.5, 0.6) is 0 Å². The van der Waals surface area contributed by atoms with E-state index >= 15 is 0 Å². The molecule has 0 radical (unpaired) electrons. The van der Waals surface area contributed by atoms with E-state index in [1.807, 2.05) is 34.9 Å². The first-order chi connectivity index (χ1) is 13.4. The topological polar surface area (TPSA) is 66.4 Å². The number of likely N-dealkylation sites (N-methyl/N-ethyl adjacent to an activating group) is 3. The van der Waals surface area contributed by atoms with Crippen molar-refractivity contribution in [3.05, 3.63) is 0 Å². The Kier molecular flexibility index (Phi) is 20.0. The second-order valence-electron chi connectivity index (χ2n) is 12.0. The van der Waals surface area contributed by atoms with Gasteiger partial charge in [0.1, 0.15) is 19.6 Å². The van der Waals surface area contributed by atoms with Gasteiger partial charge in [-0.25, -0.2) is 0 Å². The monoisotopic (exact) mass is 536 g/mol. The highest BCUT2D eigenvalue weighted by molar-refractivity contribution is 5.81. The van der Waals surface area contributed by atoms with Crippen molar-refractivity contribution in [1.82, 2.24) is 5.32 Å². The number of carbonyl (C=O) groups is 2. The lowest BCUT2D eigenvalue weighted by atomic mass is 9.89. The molecule has 0 saturated heterocycles. The van der Waals surface area contributed by atoms with Crippen molar-refractivity contribution in [2.24, 2.45) is 5.41 Å². The average Bonchev–Trinajstić information content (AvgIpc) is 2.53. The Balaban J connectivity index is -0.00000140. The van der Waals surface area contributed by atoms with Gasteiger partial charge in [0.05, 0.1) is 55.9 Å². The van der Waals surface area contributed by atoms with Crippen LogP contribution in [0.4, 0.5) is 0 Å². The van der Waals surface area contributed by atoms with Crippen LogP contribution >= 0.6 is 0 Å². The lowest BCUT2D eigenvalue weighted by Crippen LogP contribution is -3.00. The average molecular weight is 538 g/mol. The first kappa shape index (κ1) is 40.0. The third-order valence-electron chi connectivity index (χ3n) is 5.70. The number of rotatable bonds is 15. The number of ketones is 1. The molecule has 1 atom stereocenters. The van der Waals surface area contributed by atoms with Crippen LogP contribution < -0.4 is 42.5 Å². The molecule has 0 aromatic rings. The number of amides is 1. The molecule has 0 aliphatic rings. The van der Waals surface area contributed by atoms with E-state index in [1.54, 1.807) is 0 Å². The van der Waals surface area contributed by atoms with E-state index in [0.29, 0.717) is 24.1 Å². The molecule has 0 aliphatic carbocycles. The summed E-state index contributed by atoms with van der Waals surface area (Å²) in [5, 5.41) is 13.3. The van der Waals surface area contributed by atoms with Crippen LogP contribution in [0.1, 0.15) is 46.5 Å². The Bertz CT molecular complexity index is 566. The van der Waals surface area contributed by atoms with E-state index in [2.05, 4.69) is 40.6 Å². The number of carbonyl (C=O) groups excluding carboxylic acids is 2. The maximum absolute atomic E-state index is 12.4. The van der Waals surface area contributed by atoms with Crippen LogP contribution in [0, 0.1) is 5.41 Å². The van der Waals surface area contributed by atoms with Crippen molar-refractivity contribution in [3.63, 3.8) is 0 Å². The highest BCUT2D eigenvalue weighted by Crippen LogP contribution is 2.19. The number of hydrogen-bond donors (Lipinski definition) is 2. The van der Waals surface area contributed by atoms with Crippen molar-refractivity contribution in [2.45, 2.75) is 52.6 Å². The first-order valence-electron chi connectivity index (χ1n) is 11.3. The first-order valence-corrected chi connectivity index (χ1v) is 11.3. The zero-order valence-electron chi connectivity index (χ0n) is 22.7. The molecular weight excluding hydrogens is 487 g/mol. The Hall–Kier alpha value is -0.150. The van der Waals surface area contributed by atoms with Gasteiger partial charge < -0.3 is 61.1 Å². The minimum Gasteiger partial charge on any atom is -1.00 e. The van der Waals surface area contributed by atoms with Gasteiger partial charge in [0.2, 0.25) is 5.91 Å². The highest BCUT2D eigenvalue weighted by Gasteiger charge is 2.28. The van der Waals surface area contributed by atoms with E-state index in [0.717, 1.165) is 47.9 Å². The van der Waals surface area contributed by atoms with Crippen LogP contribution in [-0.4, -0.2) is 119 Å². The second kappa shape index (κ2) is 16.5. The van der Waals surface area contributed by atoms with Gasteiger partial charge >= 0.3 is 0 Å². The van der Waals surface area contributed by atoms with Crippen molar-refractivity contribution in [3.8, 4) is 0 Å². The maximum Gasteiger partial charge on any atom is 0.229 e. The molecule has 2 N–H and O–H groups in total. The Labute approximate surface area is 222 Å². The summed E-state index contributed by atoms with van der Waals surface area (Å²) in [6, 6.07) is 0. The lowest BCUT2D eigenvalue weighted by molar-refractivity contribution is -0.907. The van der Waals surface area contributed by atoms with Crippen LogP contribution in [-0.2, 0) is 9.59 Å². The summed E-state index contributed by atoms with van der Waals surface area (Å²) < 4.78 is 1.97. The zero-order chi connectivity index (χ0) is 23.8. The molecular formula is C23H51Cl3N4O3. The Morgan fingerprint density at radius 3 is 1.85 bits per heavy atom. The molecule has 10 heteroatoms. The number of Topliss-reactive ketones (excluding diaryl/α,β-unsaturated/α-hetero) is 1. The largest absolute Gasteiger partial charge is 1.00 e. The number of hydrogen-bond acceptors (Lipinski definition) is 3. The Morgan fingerprint density at radius 2 is 1.39 bits per heavy atom. The number of aliphatic hydroxyl groups is 1. The quantitative estimate of drug-likeness (QED) is 0.124. The lowest BCUT2D eigenvalue weighted by Gasteiger charge is -2.34. The van der Waals surface area contributed by atoms with Gasteiger partial charge in [-0.15, -0.1) is 0 Å². The molecule has 0 saturated carbocycles. The van der Waals surface area contributed by atoms with Gasteiger partial charge in [0.25, 0.3) is 0 Å². The fourth-order valence-corrected chi connectivity index (χ4v) is 3.51. The molecule has 7 nitrogen and oxygen atoms in total. The summed E-state index contributed by atoms with van der Waals surface area (Å²) in [7, 11) is 14.5. The van der Waals surface area contributed by atoms with Gasteiger partial charge in [-0.05, 0) is 19.3 Å². The summed E-state index contributed by atoms with van der Waals surface area (Å²) in [5.41, 5.74) is -0.380. The number of halogens is 3. The van der Waals surface area contributed by atoms with Gasteiger partial charge in [-0.3, -0.25) is 9.59 Å². The van der Waals surface area contributed by atoms with E-state index in [-0.39, 0.29) is 60.4 Å². The summed E-state index contributed by atoms with van der Waals surface area (Å²) in [6.07, 6.45) is 2.85. The van der Waals surface area contributed by atoms with E-state index in [1.165, 1.54) is 0 Å². The van der Waals surface area contributed by atoms with Crippen LogP contribution in [0.3, 0.4) is 0 Å². The zero-order valence-corrected chi connectivity index (χ0v) is 24.9. The molecule has 0 aromatic heterocycles. The van der Waals surface area contributed by atoms with Gasteiger partial charge in [0, 0.05) is 11.8 Å². The van der Waals surface area contributed by atoms with Crippen molar-refractivity contribution in [2.75, 3.05) is 82.2 Å². The number of nitrogens with one attached hydrogen (secondary N) is 1. The smallest absolute Gasteiger partial charge is 0.229 e. The molecule has 33 heavy (non-hydrogen) atoms. The Morgan fingerprint density at radius 1 is 0.879 bits per heavy atom. The molecule has 1 unspecified atom stereocenters. The van der Waals surface area contributed by atoms with Crippen LogP contribution in [0.2, 0.25) is 0 Å². The fourth-order valence-electron chi connectivity index (χ4n) is 3.51. The van der Waals surface area contributed by atoms with Crippen molar-refractivity contribution >= 4 is 11.7 Å². The molecule has 0 heterocycles. The minimum absolute atomic E-state index is 0. The number of quaternary nitrogens is 3. The van der Waals surface area contributed by atoms with Crippen LogP contribution in [0.25, 0.3) is 0 Å². The second-order valence-corrected chi connectivity index (χ2v) is 12.0.